The SMILES string of the molecule is CCOc1ccnc2c1c(=O)n(CC(=O)Nc1ccc(OC)cc1OC)c(=O)n2C. The quantitative estimate of drug-likeness (QED) is 0.617. The Morgan fingerprint density at radius 3 is 2.57 bits per heavy atom. The van der Waals surface area contributed by atoms with E-state index in [9.17, 15) is 14.4 Å². The van der Waals surface area contributed by atoms with E-state index in [-0.39, 0.29) is 11.0 Å². The number of aromatic nitrogens is 3. The van der Waals surface area contributed by atoms with E-state index in [1.807, 2.05) is 0 Å². The predicted octanol–water partition coefficient (Wildman–Crippen LogP) is 1.15. The van der Waals surface area contributed by atoms with E-state index < -0.39 is 23.7 Å². The van der Waals surface area contributed by atoms with Crippen LogP contribution >= 0.6 is 0 Å². The van der Waals surface area contributed by atoms with Crippen molar-refractivity contribution in [3.63, 3.8) is 0 Å². The van der Waals surface area contributed by atoms with Crippen molar-refractivity contribution in [2.45, 2.75) is 13.5 Å². The van der Waals surface area contributed by atoms with E-state index in [4.69, 9.17) is 14.2 Å². The molecule has 0 spiro atoms. The van der Waals surface area contributed by atoms with E-state index in [1.165, 1.54) is 32.0 Å². The van der Waals surface area contributed by atoms with Gasteiger partial charge in [0.05, 0.1) is 26.5 Å². The molecule has 30 heavy (non-hydrogen) atoms. The van der Waals surface area contributed by atoms with Crippen molar-refractivity contribution in [3.05, 3.63) is 51.3 Å². The second-order valence-electron chi connectivity index (χ2n) is 6.29. The first-order chi connectivity index (χ1) is 14.4. The zero-order valence-electron chi connectivity index (χ0n) is 17.1. The minimum Gasteiger partial charge on any atom is -0.497 e. The first-order valence-corrected chi connectivity index (χ1v) is 9.14. The van der Waals surface area contributed by atoms with Crippen LogP contribution in [0, 0.1) is 0 Å². The third-order valence-electron chi connectivity index (χ3n) is 4.47. The Morgan fingerprint density at radius 1 is 1.13 bits per heavy atom. The summed E-state index contributed by atoms with van der Waals surface area (Å²) in [6.45, 7) is 1.62. The number of hydrogen-bond donors (Lipinski definition) is 1. The summed E-state index contributed by atoms with van der Waals surface area (Å²) < 4.78 is 17.9. The van der Waals surface area contributed by atoms with E-state index >= 15 is 0 Å². The second-order valence-corrected chi connectivity index (χ2v) is 6.29. The van der Waals surface area contributed by atoms with Crippen LogP contribution in [0.5, 0.6) is 17.2 Å². The van der Waals surface area contributed by atoms with Crippen LogP contribution in [0.25, 0.3) is 11.0 Å². The standard InChI is InChI=1S/C20H22N4O6/c1-5-30-14-8-9-21-18-17(14)19(26)24(20(27)23(18)2)11-16(25)22-13-7-6-12(28-3)10-15(13)29-4/h6-10H,5,11H2,1-4H3,(H,22,25). The Labute approximate surface area is 171 Å². The lowest BCUT2D eigenvalue weighted by Gasteiger charge is -2.14. The Hall–Kier alpha value is -3.82. The highest BCUT2D eigenvalue weighted by Gasteiger charge is 2.18. The molecule has 0 saturated carbocycles. The number of ether oxygens (including phenoxy) is 3. The number of rotatable bonds is 7. The lowest BCUT2D eigenvalue weighted by Crippen LogP contribution is -2.42. The smallest absolute Gasteiger partial charge is 0.332 e. The minimum absolute atomic E-state index is 0.135. The monoisotopic (exact) mass is 414 g/mol. The summed E-state index contributed by atoms with van der Waals surface area (Å²) in [6.07, 6.45) is 1.46. The topological polar surface area (TPSA) is 114 Å². The summed E-state index contributed by atoms with van der Waals surface area (Å²) in [6, 6.07) is 6.41. The van der Waals surface area contributed by atoms with Crippen molar-refractivity contribution < 1.29 is 19.0 Å². The highest BCUT2D eigenvalue weighted by molar-refractivity contribution is 5.92. The fourth-order valence-corrected chi connectivity index (χ4v) is 3.03. The minimum atomic E-state index is -0.662. The van der Waals surface area contributed by atoms with Gasteiger partial charge in [-0.1, -0.05) is 0 Å². The van der Waals surface area contributed by atoms with E-state index in [1.54, 1.807) is 31.2 Å². The fraction of sp³-hybridized carbons (Fsp3) is 0.300. The number of carbonyl (C=O) groups excluding carboxylic acids is 1. The van der Waals surface area contributed by atoms with Gasteiger partial charge >= 0.3 is 5.69 Å². The molecule has 10 heteroatoms. The van der Waals surface area contributed by atoms with Gasteiger partial charge in [-0.15, -0.1) is 0 Å². The molecule has 0 radical (unpaired) electrons. The van der Waals surface area contributed by atoms with Gasteiger partial charge < -0.3 is 19.5 Å². The average Bonchev–Trinajstić information content (AvgIpc) is 2.75. The summed E-state index contributed by atoms with van der Waals surface area (Å²) in [7, 11) is 4.45. The molecule has 0 aliphatic heterocycles. The average molecular weight is 414 g/mol. The van der Waals surface area contributed by atoms with Crippen molar-refractivity contribution in [3.8, 4) is 17.2 Å². The third kappa shape index (κ3) is 3.84. The molecule has 0 bridgehead atoms. The molecule has 0 atom stereocenters. The van der Waals surface area contributed by atoms with E-state index in [0.29, 0.717) is 29.5 Å². The normalized spacial score (nSPS) is 10.7. The number of nitrogens with one attached hydrogen (secondary N) is 1. The first-order valence-electron chi connectivity index (χ1n) is 9.14. The summed E-state index contributed by atoms with van der Waals surface area (Å²) in [5, 5.41) is 2.78. The molecule has 0 fully saturated rings. The molecule has 1 amide bonds. The summed E-state index contributed by atoms with van der Waals surface area (Å²) in [4.78, 5) is 42.4. The number of pyridine rings is 1. The molecular weight excluding hydrogens is 392 g/mol. The third-order valence-corrected chi connectivity index (χ3v) is 4.47. The molecular formula is C20H22N4O6. The number of hydrogen-bond acceptors (Lipinski definition) is 7. The Bertz CT molecular complexity index is 1210. The highest BCUT2D eigenvalue weighted by Crippen LogP contribution is 2.29. The fourth-order valence-electron chi connectivity index (χ4n) is 3.03. The first kappa shape index (κ1) is 20.9. The number of benzene rings is 1. The number of fused-ring (bicyclic) bond motifs is 1. The van der Waals surface area contributed by atoms with Crippen LogP contribution in [-0.4, -0.2) is 40.9 Å². The van der Waals surface area contributed by atoms with Crippen molar-refractivity contribution in [1.29, 1.82) is 0 Å². The molecule has 10 nitrogen and oxygen atoms in total. The van der Waals surface area contributed by atoms with E-state index in [0.717, 1.165) is 4.57 Å². The molecule has 0 aliphatic rings. The van der Waals surface area contributed by atoms with Gasteiger partial charge in [0.1, 0.15) is 29.2 Å². The van der Waals surface area contributed by atoms with Crippen molar-refractivity contribution in [1.82, 2.24) is 14.1 Å². The second kappa shape index (κ2) is 8.68. The van der Waals surface area contributed by atoms with Crippen LogP contribution in [0.4, 0.5) is 5.69 Å². The summed E-state index contributed by atoms with van der Waals surface area (Å²) in [5.41, 5.74) is -0.748. The molecule has 2 aromatic heterocycles. The number of methoxy groups -OCH3 is 2. The lowest BCUT2D eigenvalue weighted by atomic mass is 10.2. The predicted molar refractivity (Wildman–Crippen MR) is 111 cm³/mol. The number of aryl methyl sites for hydroxylation is 1. The molecule has 0 saturated heterocycles. The molecule has 2 heterocycles. The molecule has 0 unspecified atom stereocenters. The van der Waals surface area contributed by atoms with Crippen molar-refractivity contribution >= 4 is 22.6 Å². The maximum Gasteiger partial charge on any atom is 0.332 e. The maximum absolute atomic E-state index is 13.0. The molecule has 3 aromatic rings. The van der Waals surface area contributed by atoms with Gasteiger partial charge in [0.2, 0.25) is 5.91 Å². The van der Waals surface area contributed by atoms with Crippen LogP contribution in [0.15, 0.2) is 40.1 Å². The lowest BCUT2D eigenvalue weighted by molar-refractivity contribution is -0.116. The molecule has 158 valence electrons. The molecule has 1 aromatic carbocycles. The van der Waals surface area contributed by atoms with Crippen LogP contribution in [0.3, 0.4) is 0 Å². The summed E-state index contributed by atoms with van der Waals surface area (Å²) in [5.74, 6) is 0.665. The van der Waals surface area contributed by atoms with E-state index in [2.05, 4.69) is 10.3 Å². The number of amides is 1. The van der Waals surface area contributed by atoms with Gasteiger partial charge in [-0.3, -0.25) is 14.2 Å². The Balaban J connectivity index is 2.00. The van der Waals surface area contributed by atoms with Crippen LogP contribution in [-0.2, 0) is 18.4 Å². The van der Waals surface area contributed by atoms with Crippen molar-refractivity contribution in [2.75, 3.05) is 26.1 Å². The number of carbonyl (C=O) groups is 1. The van der Waals surface area contributed by atoms with Gasteiger partial charge in [0.15, 0.2) is 5.65 Å². The van der Waals surface area contributed by atoms with Gasteiger partial charge in [-0.05, 0) is 25.1 Å². The number of anilines is 1. The Morgan fingerprint density at radius 2 is 1.90 bits per heavy atom. The highest BCUT2D eigenvalue weighted by atomic mass is 16.5. The van der Waals surface area contributed by atoms with Crippen molar-refractivity contribution in [2.24, 2.45) is 7.05 Å². The summed E-state index contributed by atoms with van der Waals surface area (Å²) >= 11 is 0. The van der Waals surface area contributed by atoms with Gasteiger partial charge in [-0.2, -0.15) is 0 Å². The maximum atomic E-state index is 13.0. The van der Waals surface area contributed by atoms with Crippen LogP contribution in [0.2, 0.25) is 0 Å². The zero-order valence-corrected chi connectivity index (χ0v) is 17.1. The number of nitrogens with zero attached hydrogens (tertiary/aromatic N) is 3. The van der Waals surface area contributed by atoms with Crippen LogP contribution in [0.1, 0.15) is 6.92 Å². The van der Waals surface area contributed by atoms with Crippen LogP contribution < -0.4 is 30.8 Å². The largest absolute Gasteiger partial charge is 0.497 e. The Kier molecular flexibility index (Phi) is 6.05. The van der Waals surface area contributed by atoms with Gasteiger partial charge in [0, 0.05) is 19.3 Å². The van der Waals surface area contributed by atoms with Gasteiger partial charge in [-0.25, -0.2) is 14.3 Å². The molecule has 1 N–H and O–H groups in total. The molecule has 0 aliphatic carbocycles. The zero-order chi connectivity index (χ0) is 21.8. The van der Waals surface area contributed by atoms with Gasteiger partial charge in [0.25, 0.3) is 5.56 Å². The molecule has 3 rings (SSSR count).